The van der Waals surface area contributed by atoms with Crippen molar-refractivity contribution in [2.24, 2.45) is 5.92 Å². The van der Waals surface area contributed by atoms with Crippen LogP contribution in [0.2, 0.25) is 0 Å². The van der Waals surface area contributed by atoms with Crippen LogP contribution < -0.4 is 0 Å². The SMILES string of the molecule is CC(C)CS(=O)(=O)N(C)Cc1cccc(C#CCCO)c1. The minimum atomic E-state index is -3.23. The lowest BCUT2D eigenvalue weighted by atomic mass is 10.1. The molecule has 1 aromatic carbocycles. The van der Waals surface area contributed by atoms with Crippen LogP contribution in [0.1, 0.15) is 31.4 Å². The Bertz CT molecular complexity index is 612. The molecule has 0 aliphatic rings. The molecule has 0 atom stereocenters. The molecule has 21 heavy (non-hydrogen) atoms. The van der Waals surface area contributed by atoms with Gasteiger partial charge in [0.1, 0.15) is 0 Å². The minimum absolute atomic E-state index is 0.0445. The van der Waals surface area contributed by atoms with E-state index in [1.807, 2.05) is 38.1 Å². The summed E-state index contributed by atoms with van der Waals surface area (Å²) in [7, 11) is -1.63. The summed E-state index contributed by atoms with van der Waals surface area (Å²) in [4.78, 5) is 0. The van der Waals surface area contributed by atoms with Crippen molar-refractivity contribution in [2.75, 3.05) is 19.4 Å². The predicted octanol–water partition coefficient (Wildman–Crippen LogP) is 1.84. The summed E-state index contributed by atoms with van der Waals surface area (Å²) in [6.07, 6.45) is 0.437. The van der Waals surface area contributed by atoms with Crippen LogP contribution in [-0.2, 0) is 16.6 Å². The number of nitrogens with zero attached hydrogens (tertiary/aromatic N) is 1. The van der Waals surface area contributed by atoms with E-state index >= 15 is 0 Å². The van der Waals surface area contributed by atoms with Gasteiger partial charge in [-0.15, -0.1) is 0 Å². The molecule has 0 aromatic heterocycles. The molecule has 4 nitrogen and oxygen atoms in total. The van der Waals surface area contributed by atoms with E-state index in [2.05, 4.69) is 11.8 Å². The van der Waals surface area contributed by atoms with Gasteiger partial charge in [-0.3, -0.25) is 0 Å². The van der Waals surface area contributed by atoms with Crippen molar-refractivity contribution in [1.29, 1.82) is 0 Å². The molecule has 1 rings (SSSR count). The van der Waals surface area contributed by atoms with Crippen molar-refractivity contribution in [3.63, 3.8) is 0 Å². The first-order valence-electron chi connectivity index (χ1n) is 6.98. The molecule has 0 fully saturated rings. The quantitative estimate of drug-likeness (QED) is 0.816. The maximum Gasteiger partial charge on any atom is 0.214 e. The normalized spacial score (nSPS) is 11.5. The predicted molar refractivity (Wildman–Crippen MR) is 85.1 cm³/mol. The van der Waals surface area contributed by atoms with Crippen LogP contribution in [0, 0.1) is 17.8 Å². The van der Waals surface area contributed by atoms with Crippen LogP contribution in [0.15, 0.2) is 24.3 Å². The van der Waals surface area contributed by atoms with E-state index in [1.165, 1.54) is 4.31 Å². The summed E-state index contributed by atoms with van der Waals surface area (Å²) in [5.41, 5.74) is 1.73. The Morgan fingerprint density at radius 3 is 2.67 bits per heavy atom. The Morgan fingerprint density at radius 1 is 1.33 bits per heavy atom. The van der Waals surface area contributed by atoms with Gasteiger partial charge in [0.15, 0.2) is 0 Å². The highest BCUT2D eigenvalue weighted by Gasteiger charge is 2.19. The molecule has 0 bridgehead atoms. The largest absolute Gasteiger partial charge is 0.395 e. The van der Waals surface area contributed by atoms with Crippen molar-refractivity contribution in [2.45, 2.75) is 26.8 Å². The van der Waals surface area contributed by atoms with Crippen LogP contribution >= 0.6 is 0 Å². The van der Waals surface area contributed by atoms with Gasteiger partial charge in [-0.1, -0.05) is 37.8 Å². The number of hydrogen-bond donors (Lipinski definition) is 1. The second-order valence-electron chi connectivity index (χ2n) is 5.40. The third-order valence-corrected chi connectivity index (χ3v) is 4.99. The molecule has 0 heterocycles. The molecule has 0 aliphatic carbocycles. The standard InChI is InChI=1S/C16H23NO3S/c1-14(2)13-21(19,20)17(3)12-16-9-6-8-15(11-16)7-4-5-10-18/h6,8-9,11,14,18H,5,10,12-13H2,1-3H3. The van der Waals surface area contributed by atoms with E-state index in [0.717, 1.165) is 11.1 Å². The molecule has 5 heteroatoms. The van der Waals surface area contributed by atoms with Crippen molar-refractivity contribution < 1.29 is 13.5 Å². The zero-order chi connectivity index (χ0) is 15.9. The van der Waals surface area contributed by atoms with Crippen molar-refractivity contribution in [1.82, 2.24) is 4.31 Å². The molecule has 1 aromatic rings. The van der Waals surface area contributed by atoms with Crippen molar-refractivity contribution in [3.8, 4) is 11.8 Å². The van der Waals surface area contributed by atoms with Gasteiger partial charge in [0.2, 0.25) is 10.0 Å². The number of aliphatic hydroxyl groups is 1. The fourth-order valence-corrected chi connectivity index (χ4v) is 3.31. The molecule has 0 spiro atoms. The smallest absolute Gasteiger partial charge is 0.214 e. The molecular weight excluding hydrogens is 286 g/mol. The molecule has 0 saturated carbocycles. The summed E-state index contributed by atoms with van der Waals surface area (Å²) in [5, 5.41) is 8.70. The van der Waals surface area contributed by atoms with Gasteiger partial charge in [0, 0.05) is 25.6 Å². The Hall–Kier alpha value is -1.35. The van der Waals surface area contributed by atoms with E-state index in [-0.39, 0.29) is 18.3 Å². The highest BCUT2D eigenvalue weighted by atomic mass is 32.2. The van der Waals surface area contributed by atoms with Gasteiger partial charge in [-0.05, 0) is 23.6 Å². The second-order valence-corrected chi connectivity index (χ2v) is 7.52. The number of benzene rings is 1. The number of sulfonamides is 1. The van der Waals surface area contributed by atoms with Gasteiger partial charge < -0.3 is 5.11 Å². The molecule has 0 unspecified atom stereocenters. The second kappa shape index (κ2) is 8.18. The van der Waals surface area contributed by atoms with Crippen molar-refractivity contribution in [3.05, 3.63) is 35.4 Å². The van der Waals surface area contributed by atoms with Gasteiger partial charge in [0.25, 0.3) is 0 Å². The molecule has 116 valence electrons. The minimum Gasteiger partial charge on any atom is -0.395 e. The van der Waals surface area contributed by atoms with Gasteiger partial charge >= 0.3 is 0 Å². The maximum atomic E-state index is 12.1. The number of rotatable bonds is 6. The highest BCUT2D eigenvalue weighted by Crippen LogP contribution is 2.12. The lowest BCUT2D eigenvalue weighted by Crippen LogP contribution is -2.30. The Balaban J connectivity index is 2.80. The van der Waals surface area contributed by atoms with E-state index in [0.29, 0.717) is 13.0 Å². The molecule has 0 aliphatic heterocycles. The van der Waals surface area contributed by atoms with E-state index in [9.17, 15) is 8.42 Å². The zero-order valence-electron chi connectivity index (χ0n) is 12.8. The summed E-state index contributed by atoms with van der Waals surface area (Å²) in [5.74, 6) is 6.07. The van der Waals surface area contributed by atoms with Gasteiger partial charge in [0.05, 0.1) is 12.4 Å². The third-order valence-electron chi connectivity index (χ3n) is 2.82. The van der Waals surface area contributed by atoms with Crippen LogP contribution in [0.4, 0.5) is 0 Å². The first kappa shape index (κ1) is 17.7. The fraction of sp³-hybridized carbons (Fsp3) is 0.500. The van der Waals surface area contributed by atoms with Crippen LogP contribution in [0.5, 0.6) is 0 Å². The van der Waals surface area contributed by atoms with E-state index < -0.39 is 10.0 Å². The molecule has 0 saturated heterocycles. The summed E-state index contributed by atoms with van der Waals surface area (Å²) < 4.78 is 25.6. The monoisotopic (exact) mass is 309 g/mol. The van der Waals surface area contributed by atoms with Gasteiger partial charge in [-0.2, -0.15) is 0 Å². The van der Waals surface area contributed by atoms with Crippen LogP contribution in [0.25, 0.3) is 0 Å². The van der Waals surface area contributed by atoms with E-state index in [4.69, 9.17) is 5.11 Å². The molecule has 0 amide bonds. The Morgan fingerprint density at radius 2 is 2.05 bits per heavy atom. The van der Waals surface area contributed by atoms with Gasteiger partial charge in [-0.25, -0.2) is 12.7 Å². The summed E-state index contributed by atoms with van der Waals surface area (Å²) >= 11 is 0. The molecular formula is C16H23NO3S. The Kier molecular flexibility index (Phi) is 6.90. The molecule has 1 N–H and O–H groups in total. The average Bonchev–Trinajstić information content (AvgIpc) is 2.38. The lowest BCUT2D eigenvalue weighted by Gasteiger charge is -2.18. The summed E-state index contributed by atoms with van der Waals surface area (Å²) in [6.45, 7) is 4.17. The average molecular weight is 309 g/mol. The lowest BCUT2D eigenvalue weighted by molar-refractivity contribution is 0.305. The summed E-state index contributed by atoms with van der Waals surface area (Å²) in [6, 6.07) is 7.50. The number of hydrogen-bond acceptors (Lipinski definition) is 3. The van der Waals surface area contributed by atoms with Crippen LogP contribution in [0.3, 0.4) is 0 Å². The first-order valence-corrected chi connectivity index (χ1v) is 8.58. The fourth-order valence-electron chi connectivity index (χ4n) is 1.87. The van der Waals surface area contributed by atoms with Crippen molar-refractivity contribution >= 4 is 10.0 Å². The van der Waals surface area contributed by atoms with E-state index in [1.54, 1.807) is 7.05 Å². The zero-order valence-corrected chi connectivity index (χ0v) is 13.7. The Labute approximate surface area is 127 Å². The topological polar surface area (TPSA) is 57.6 Å². The maximum absolute atomic E-state index is 12.1. The van der Waals surface area contributed by atoms with Crippen LogP contribution in [-0.4, -0.2) is 37.2 Å². The highest BCUT2D eigenvalue weighted by molar-refractivity contribution is 7.89. The molecule has 0 radical (unpaired) electrons. The number of aliphatic hydroxyl groups excluding tert-OH is 1. The first-order chi connectivity index (χ1) is 9.85. The third kappa shape index (κ3) is 6.30.